The molecule has 0 fully saturated rings. The lowest BCUT2D eigenvalue weighted by molar-refractivity contribution is 0.229. The summed E-state index contributed by atoms with van der Waals surface area (Å²) in [5.74, 6) is 5.66. The second kappa shape index (κ2) is 8.62. The van der Waals surface area contributed by atoms with Crippen LogP contribution in [0, 0.1) is 24.2 Å². The maximum Gasteiger partial charge on any atom is 0.161 e. The fourth-order valence-electron chi connectivity index (χ4n) is 1.87. The number of ether oxygens (including phenoxy) is 2. The van der Waals surface area contributed by atoms with Gasteiger partial charge < -0.3 is 9.47 Å². The first-order valence-electron chi connectivity index (χ1n) is 7.77. The highest BCUT2D eigenvalue weighted by Crippen LogP contribution is 2.32. The normalized spacial score (nSPS) is 12.3. The Morgan fingerprint density at radius 3 is 2.05 bits per heavy atom. The Labute approximate surface area is 129 Å². The Kier molecular flexibility index (Phi) is 7.15. The fraction of sp³-hybridized carbons (Fsp3) is 0.579. The Bertz CT molecular complexity index is 469. The van der Waals surface area contributed by atoms with Crippen molar-refractivity contribution in [2.45, 2.75) is 47.0 Å². The fourth-order valence-corrected chi connectivity index (χ4v) is 1.87. The topological polar surface area (TPSA) is 18.5 Å². The largest absolute Gasteiger partial charge is 0.489 e. The first-order chi connectivity index (χ1) is 9.93. The van der Waals surface area contributed by atoms with E-state index in [0.29, 0.717) is 31.0 Å². The molecule has 2 heteroatoms. The standard InChI is InChI=1S/C19H28O2/c1-7-8-16(6)17-9-10-18(20-12-14(2)3)19(11-17)21-13-15(4)5/h1,9-11,14-16H,8,12-13H2,2-6H3. The molecular formula is C19H28O2. The molecule has 0 N–H and O–H groups in total. The van der Waals surface area contributed by atoms with Crippen molar-refractivity contribution in [3.05, 3.63) is 23.8 Å². The second-order valence-electron chi connectivity index (χ2n) is 6.43. The lowest BCUT2D eigenvalue weighted by Crippen LogP contribution is -2.09. The summed E-state index contributed by atoms with van der Waals surface area (Å²) in [4.78, 5) is 0. The van der Waals surface area contributed by atoms with Crippen LogP contribution in [0.15, 0.2) is 18.2 Å². The van der Waals surface area contributed by atoms with Gasteiger partial charge in [0.1, 0.15) is 0 Å². The monoisotopic (exact) mass is 288 g/mol. The Hall–Kier alpha value is -1.62. The van der Waals surface area contributed by atoms with E-state index in [1.165, 1.54) is 5.56 Å². The SMILES string of the molecule is C#CCC(C)c1ccc(OCC(C)C)c(OCC(C)C)c1. The molecule has 0 spiro atoms. The minimum Gasteiger partial charge on any atom is -0.489 e. The molecule has 0 aliphatic rings. The highest BCUT2D eigenvalue weighted by atomic mass is 16.5. The summed E-state index contributed by atoms with van der Waals surface area (Å²) in [6, 6.07) is 6.15. The molecule has 1 unspecified atom stereocenters. The molecule has 0 radical (unpaired) electrons. The molecule has 0 heterocycles. The predicted molar refractivity (Wildman–Crippen MR) is 89.0 cm³/mol. The maximum atomic E-state index is 5.92. The van der Waals surface area contributed by atoms with Gasteiger partial charge in [-0.3, -0.25) is 0 Å². The summed E-state index contributed by atoms with van der Waals surface area (Å²) in [7, 11) is 0. The van der Waals surface area contributed by atoms with Crippen molar-refractivity contribution in [1.82, 2.24) is 0 Å². The highest BCUT2D eigenvalue weighted by molar-refractivity contribution is 5.44. The average Bonchev–Trinajstić information content (AvgIpc) is 2.43. The Morgan fingerprint density at radius 2 is 1.52 bits per heavy atom. The van der Waals surface area contributed by atoms with Crippen LogP contribution in [0.5, 0.6) is 11.5 Å². The van der Waals surface area contributed by atoms with Gasteiger partial charge in [-0.1, -0.05) is 40.7 Å². The molecule has 1 atom stereocenters. The van der Waals surface area contributed by atoms with E-state index in [1.54, 1.807) is 0 Å². The van der Waals surface area contributed by atoms with Crippen LogP contribution in [0.2, 0.25) is 0 Å². The zero-order chi connectivity index (χ0) is 15.8. The van der Waals surface area contributed by atoms with Gasteiger partial charge in [0, 0.05) is 6.42 Å². The quantitative estimate of drug-likeness (QED) is 0.634. The van der Waals surface area contributed by atoms with E-state index in [-0.39, 0.29) is 0 Å². The molecule has 0 aliphatic heterocycles. The zero-order valence-electron chi connectivity index (χ0n) is 14.0. The van der Waals surface area contributed by atoms with Gasteiger partial charge in [0.05, 0.1) is 13.2 Å². The summed E-state index contributed by atoms with van der Waals surface area (Å²) in [5, 5.41) is 0. The lowest BCUT2D eigenvalue weighted by atomic mass is 9.98. The molecule has 1 aromatic carbocycles. The third-order valence-electron chi connectivity index (χ3n) is 3.11. The van der Waals surface area contributed by atoms with Gasteiger partial charge in [0.25, 0.3) is 0 Å². The van der Waals surface area contributed by atoms with E-state index >= 15 is 0 Å². The van der Waals surface area contributed by atoms with Gasteiger partial charge in [0.2, 0.25) is 0 Å². The number of rotatable bonds is 8. The molecule has 0 saturated carbocycles. The molecule has 1 rings (SSSR count). The summed E-state index contributed by atoms with van der Waals surface area (Å²) in [5.41, 5.74) is 1.20. The molecule has 0 amide bonds. The van der Waals surface area contributed by atoms with Gasteiger partial charge in [-0.2, -0.15) is 0 Å². The molecule has 0 bridgehead atoms. The van der Waals surface area contributed by atoms with Crippen molar-refractivity contribution in [1.29, 1.82) is 0 Å². The number of hydrogen-bond donors (Lipinski definition) is 0. The van der Waals surface area contributed by atoms with Gasteiger partial charge in [0.15, 0.2) is 11.5 Å². The van der Waals surface area contributed by atoms with Gasteiger partial charge in [-0.15, -0.1) is 12.3 Å². The van der Waals surface area contributed by atoms with Gasteiger partial charge in [-0.25, -0.2) is 0 Å². The van der Waals surface area contributed by atoms with Crippen LogP contribution in [0.4, 0.5) is 0 Å². The first kappa shape index (κ1) is 17.4. The van der Waals surface area contributed by atoms with Crippen LogP contribution in [0.3, 0.4) is 0 Å². The third kappa shape index (κ3) is 6.12. The number of terminal acetylenes is 1. The molecule has 1 aromatic rings. The zero-order valence-corrected chi connectivity index (χ0v) is 14.0. The summed E-state index contributed by atoms with van der Waals surface area (Å²) < 4.78 is 11.8. The summed E-state index contributed by atoms with van der Waals surface area (Å²) in [6.07, 6.45) is 6.14. The molecule has 116 valence electrons. The van der Waals surface area contributed by atoms with Crippen LogP contribution < -0.4 is 9.47 Å². The van der Waals surface area contributed by atoms with Crippen molar-refractivity contribution >= 4 is 0 Å². The van der Waals surface area contributed by atoms with Crippen molar-refractivity contribution in [2.75, 3.05) is 13.2 Å². The van der Waals surface area contributed by atoms with Crippen LogP contribution >= 0.6 is 0 Å². The summed E-state index contributed by atoms with van der Waals surface area (Å²) >= 11 is 0. The predicted octanol–water partition coefficient (Wildman–Crippen LogP) is 4.88. The second-order valence-corrected chi connectivity index (χ2v) is 6.43. The number of hydrogen-bond acceptors (Lipinski definition) is 2. The smallest absolute Gasteiger partial charge is 0.161 e. The van der Waals surface area contributed by atoms with Crippen LogP contribution in [0.1, 0.15) is 52.5 Å². The van der Waals surface area contributed by atoms with Crippen LogP contribution in [0.25, 0.3) is 0 Å². The van der Waals surface area contributed by atoms with Crippen LogP contribution in [-0.2, 0) is 0 Å². The van der Waals surface area contributed by atoms with Crippen LogP contribution in [-0.4, -0.2) is 13.2 Å². The lowest BCUT2D eigenvalue weighted by Gasteiger charge is -2.18. The molecule has 21 heavy (non-hydrogen) atoms. The maximum absolute atomic E-state index is 5.92. The van der Waals surface area contributed by atoms with Gasteiger partial charge >= 0.3 is 0 Å². The van der Waals surface area contributed by atoms with E-state index in [9.17, 15) is 0 Å². The molecule has 0 aromatic heterocycles. The minimum absolute atomic E-state index is 0.329. The van der Waals surface area contributed by atoms with Crippen molar-refractivity contribution in [3.8, 4) is 23.8 Å². The molecule has 0 aliphatic carbocycles. The average molecular weight is 288 g/mol. The molecule has 0 saturated heterocycles. The van der Waals surface area contributed by atoms with Gasteiger partial charge in [-0.05, 0) is 35.4 Å². The summed E-state index contributed by atoms with van der Waals surface area (Å²) in [6.45, 7) is 12.1. The highest BCUT2D eigenvalue weighted by Gasteiger charge is 2.12. The van der Waals surface area contributed by atoms with Crippen molar-refractivity contribution < 1.29 is 9.47 Å². The van der Waals surface area contributed by atoms with Crippen molar-refractivity contribution in [3.63, 3.8) is 0 Å². The van der Waals surface area contributed by atoms with E-state index < -0.39 is 0 Å². The van der Waals surface area contributed by atoms with E-state index in [0.717, 1.165) is 17.9 Å². The minimum atomic E-state index is 0.329. The Balaban J connectivity index is 2.93. The third-order valence-corrected chi connectivity index (χ3v) is 3.11. The van der Waals surface area contributed by atoms with E-state index in [2.05, 4.69) is 52.7 Å². The first-order valence-corrected chi connectivity index (χ1v) is 7.77. The number of benzene rings is 1. The molecule has 2 nitrogen and oxygen atoms in total. The van der Waals surface area contributed by atoms with E-state index in [4.69, 9.17) is 15.9 Å². The van der Waals surface area contributed by atoms with Crippen molar-refractivity contribution in [2.24, 2.45) is 11.8 Å². The van der Waals surface area contributed by atoms with E-state index in [1.807, 2.05) is 6.07 Å². The Morgan fingerprint density at radius 1 is 0.952 bits per heavy atom. The molecular weight excluding hydrogens is 260 g/mol.